The zero-order valence-electron chi connectivity index (χ0n) is 14.6. The van der Waals surface area contributed by atoms with Crippen molar-refractivity contribution in [3.8, 4) is 11.5 Å². The summed E-state index contributed by atoms with van der Waals surface area (Å²) >= 11 is 13.0. The van der Waals surface area contributed by atoms with Gasteiger partial charge in [0.1, 0.15) is 11.5 Å². The first kappa shape index (κ1) is 20.3. The summed E-state index contributed by atoms with van der Waals surface area (Å²) in [5, 5.41) is 11.7. The van der Waals surface area contributed by atoms with Crippen LogP contribution in [0.3, 0.4) is 0 Å². The first-order valence-corrected chi connectivity index (χ1v) is 9.74. The van der Waals surface area contributed by atoms with E-state index in [2.05, 4.69) is 15.5 Å². The number of rotatable bonds is 8. The van der Waals surface area contributed by atoms with Crippen molar-refractivity contribution >= 4 is 46.6 Å². The van der Waals surface area contributed by atoms with E-state index in [1.165, 1.54) is 0 Å². The number of carbonyl (C=O) groups is 1. The number of benzene rings is 2. The molecule has 0 unspecified atom stereocenters. The maximum absolute atomic E-state index is 12.0. The molecule has 7 nitrogen and oxygen atoms in total. The number of ether oxygens (including phenoxy) is 2. The molecule has 10 heteroatoms. The molecule has 3 rings (SSSR count). The summed E-state index contributed by atoms with van der Waals surface area (Å²) in [6, 6.07) is 11.9. The average Bonchev–Trinajstić information content (AvgIpc) is 3.14. The molecule has 2 aromatic carbocycles. The van der Waals surface area contributed by atoms with Crippen LogP contribution in [0.25, 0.3) is 0 Å². The molecule has 0 radical (unpaired) electrons. The topological polar surface area (TPSA) is 86.5 Å². The third-order valence-corrected chi connectivity index (χ3v) is 4.74. The molecule has 0 fully saturated rings. The number of methoxy groups -OCH3 is 1. The molecule has 0 aliphatic carbocycles. The molecule has 0 spiro atoms. The number of carbonyl (C=O) groups excluding carboxylic acids is 1. The van der Waals surface area contributed by atoms with Crippen LogP contribution in [0.15, 0.2) is 52.1 Å². The van der Waals surface area contributed by atoms with Crippen LogP contribution in [0.4, 0.5) is 5.69 Å². The normalized spacial score (nSPS) is 10.5. The van der Waals surface area contributed by atoms with Gasteiger partial charge >= 0.3 is 0 Å². The lowest BCUT2D eigenvalue weighted by molar-refractivity contribution is -0.113. The van der Waals surface area contributed by atoms with Crippen molar-refractivity contribution in [2.75, 3.05) is 18.2 Å². The van der Waals surface area contributed by atoms with Gasteiger partial charge in [0.15, 0.2) is 6.61 Å². The monoisotopic (exact) mass is 439 g/mol. The highest BCUT2D eigenvalue weighted by Crippen LogP contribution is 2.28. The van der Waals surface area contributed by atoms with E-state index in [0.29, 0.717) is 27.2 Å². The number of anilines is 1. The van der Waals surface area contributed by atoms with Crippen molar-refractivity contribution in [3.05, 3.63) is 58.4 Å². The lowest BCUT2D eigenvalue weighted by Crippen LogP contribution is -2.13. The zero-order valence-corrected chi connectivity index (χ0v) is 17.0. The second-order valence-electron chi connectivity index (χ2n) is 5.39. The van der Waals surface area contributed by atoms with Crippen LogP contribution in [-0.4, -0.2) is 29.0 Å². The number of thioether (sulfide) groups is 1. The van der Waals surface area contributed by atoms with Crippen LogP contribution >= 0.6 is 35.0 Å². The number of aromatic nitrogens is 2. The van der Waals surface area contributed by atoms with Crippen LogP contribution < -0.4 is 14.8 Å². The summed E-state index contributed by atoms with van der Waals surface area (Å²) < 4.78 is 16.1. The summed E-state index contributed by atoms with van der Waals surface area (Å²) in [4.78, 5) is 12.0. The minimum atomic E-state index is -0.195. The molecule has 28 heavy (non-hydrogen) atoms. The maximum Gasteiger partial charge on any atom is 0.277 e. The molecule has 0 aliphatic rings. The molecule has 3 aromatic rings. The number of hydrogen-bond acceptors (Lipinski definition) is 7. The minimum absolute atomic E-state index is 0.0486. The molecule has 1 aromatic heterocycles. The number of halogens is 2. The van der Waals surface area contributed by atoms with Gasteiger partial charge in [0, 0.05) is 10.7 Å². The van der Waals surface area contributed by atoms with Crippen molar-refractivity contribution in [2.24, 2.45) is 0 Å². The molecule has 0 aliphatic heterocycles. The Morgan fingerprint density at radius 1 is 1.18 bits per heavy atom. The van der Waals surface area contributed by atoms with Gasteiger partial charge < -0.3 is 19.2 Å². The Morgan fingerprint density at radius 2 is 1.96 bits per heavy atom. The molecule has 146 valence electrons. The van der Waals surface area contributed by atoms with Crippen LogP contribution in [0.2, 0.25) is 10.0 Å². The van der Waals surface area contributed by atoms with Gasteiger partial charge in [0.2, 0.25) is 5.91 Å². The van der Waals surface area contributed by atoms with E-state index in [1.54, 1.807) is 49.6 Å². The highest BCUT2D eigenvalue weighted by molar-refractivity contribution is 7.99. The molecule has 0 saturated heterocycles. The lowest BCUT2D eigenvalue weighted by atomic mass is 10.3. The second-order valence-corrected chi connectivity index (χ2v) is 7.16. The Hall–Kier alpha value is -2.42. The zero-order chi connectivity index (χ0) is 19.9. The summed E-state index contributed by atoms with van der Waals surface area (Å²) in [7, 11) is 1.58. The molecule has 1 N–H and O–H groups in total. The van der Waals surface area contributed by atoms with Crippen molar-refractivity contribution < 1.29 is 18.7 Å². The minimum Gasteiger partial charge on any atom is -0.497 e. The SMILES string of the molecule is COc1ccc(NC(=O)CSc2nnc(COc3ccc(Cl)cc3Cl)o2)cc1. The van der Waals surface area contributed by atoms with Gasteiger partial charge in [-0.15, -0.1) is 10.2 Å². The third-order valence-electron chi connectivity index (χ3n) is 3.39. The molecule has 0 bridgehead atoms. The Balaban J connectivity index is 1.46. The first-order valence-electron chi connectivity index (χ1n) is 8.00. The summed E-state index contributed by atoms with van der Waals surface area (Å²) in [5.41, 5.74) is 0.672. The Bertz CT molecular complexity index is 950. The highest BCUT2D eigenvalue weighted by Gasteiger charge is 2.11. The predicted octanol–water partition coefficient (Wildman–Crippen LogP) is 4.69. The van der Waals surface area contributed by atoms with Gasteiger partial charge in [-0.05, 0) is 42.5 Å². The molecular formula is C18H15Cl2N3O4S. The summed E-state index contributed by atoms with van der Waals surface area (Å²) in [5.74, 6) is 1.37. The summed E-state index contributed by atoms with van der Waals surface area (Å²) in [6.45, 7) is 0.0486. The Kier molecular flexibility index (Phi) is 7.02. The smallest absolute Gasteiger partial charge is 0.277 e. The average molecular weight is 440 g/mol. The second kappa shape index (κ2) is 9.68. The largest absolute Gasteiger partial charge is 0.497 e. The fourth-order valence-electron chi connectivity index (χ4n) is 2.09. The number of nitrogens with zero attached hydrogens (tertiary/aromatic N) is 2. The Morgan fingerprint density at radius 3 is 2.68 bits per heavy atom. The number of amides is 1. The van der Waals surface area contributed by atoms with E-state index in [0.717, 1.165) is 11.8 Å². The van der Waals surface area contributed by atoms with E-state index in [9.17, 15) is 4.79 Å². The maximum atomic E-state index is 12.0. The number of hydrogen-bond donors (Lipinski definition) is 1. The highest BCUT2D eigenvalue weighted by atomic mass is 35.5. The van der Waals surface area contributed by atoms with Gasteiger partial charge in [0.25, 0.3) is 11.1 Å². The third kappa shape index (κ3) is 5.79. The fourth-order valence-corrected chi connectivity index (χ4v) is 3.13. The fraction of sp³-hybridized carbons (Fsp3) is 0.167. The van der Waals surface area contributed by atoms with Crippen LogP contribution in [0, 0.1) is 0 Å². The van der Waals surface area contributed by atoms with Gasteiger partial charge in [-0.3, -0.25) is 4.79 Å². The van der Waals surface area contributed by atoms with E-state index in [4.69, 9.17) is 37.1 Å². The molecule has 0 atom stereocenters. The van der Waals surface area contributed by atoms with Crippen molar-refractivity contribution in [3.63, 3.8) is 0 Å². The molecule has 0 saturated carbocycles. The van der Waals surface area contributed by atoms with Gasteiger partial charge in [-0.25, -0.2) is 0 Å². The molecule has 1 heterocycles. The van der Waals surface area contributed by atoms with Crippen LogP contribution in [-0.2, 0) is 11.4 Å². The van der Waals surface area contributed by atoms with E-state index in [-0.39, 0.29) is 29.4 Å². The predicted molar refractivity (Wildman–Crippen MR) is 107 cm³/mol. The lowest BCUT2D eigenvalue weighted by Gasteiger charge is -2.05. The Labute approximate surface area is 175 Å². The van der Waals surface area contributed by atoms with Gasteiger partial charge in [-0.1, -0.05) is 35.0 Å². The van der Waals surface area contributed by atoms with Crippen molar-refractivity contribution in [1.82, 2.24) is 10.2 Å². The van der Waals surface area contributed by atoms with Gasteiger partial charge in [0.05, 0.1) is 17.9 Å². The number of nitrogens with one attached hydrogen (secondary N) is 1. The molecule has 1 amide bonds. The standard InChI is InChI=1S/C18H15Cl2N3O4S/c1-25-13-5-3-12(4-6-13)21-16(24)10-28-18-23-22-17(27-18)9-26-15-7-2-11(19)8-14(15)20/h2-8H,9-10H2,1H3,(H,21,24). The van der Waals surface area contributed by atoms with E-state index < -0.39 is 0 Å². The van der Waals surface area contributed by atoms with Crippen LogP contribution in [0.1, 0.15) is 5.89 Å². The molecular weight excluding hydrogens is 425 g/mol. The first-order chi connectivity index (χ1) is 13.5. The van der Waals surface area contributed by atoms with Gasteiger partial charge in [-0.2, -0.15) is 0 Å². The van der Waals surface area contributed by atoms with Crippen LogP contribution in [0.5, 0.6) is 11.5 Å². The van der Waals surface area contributed by atoms with Crippen molar-refractivity contribution in [2.45, 2.75) is 11.8 Å². The quantitative estimate of drug-likeness (QED) is 0.509. The van der Waals surface area contributed by atoms with Crippen molar-refractivity contribution in [1.29, 1.82) is 0 Å². The van der Waals surface area contributed by atoms with E-state index >= 15 is 0 Å². The van der Waals surface area contributed by atoms with E-state index in [1.807, 2.05) is 0 Å². The summed E-state index contributed by atoms with van der Waals surface area (Å²) in [6.07, 6.45) is 0.